The second-order valence-electron chi connectivity index (χ2n) is 4.58. The van der Waals surface area contributed by atoms with Crippen molar-refractivity contribution in [1.82, 2.24) is 5.32 Å². The molecule has 0 radical (unpaired) electrons. The van der Waals surface area contributed by atoms with Crippen LogP contribution in [0.15, 0.2) is 24.3 Å². The van der Waals surface area contributed by atoms with E-state index in [0.717, 1.165) is 31.4 Å². The van der Waals surface area contributed by atoms with Crippen LogP contribution in [0.25, 0.3) is 0 Å². The van der Waals surface area contributed by atoms with Gasteiger partial charge in [0, 0.05) is 31.4 Å². The van der Waals surface area contributed by atoms with Crippen molar-refractivity contribution in [2.75, 3.05) is 25.0 Å². The molecule has 1 aliphatic rings. The summed E-state index contributed by atoms with van der Waals surface area (Å²) < 4.78 is 0. The second-order valence-corrected chi connectivity index (χ2v) is 4.58. The van der Waals surface area contributed by atoms with Gasteiger partial charge in [0.05, 0.1) is 5.92 Å². The second kappa shape index (κ2) is 5.67. The molecule has 0 saturated carbocycles. The Labute approximate surface area is 107 Å². The number of nitrogens with zero attached hydrogens (tertiary/aromatic N) is 1. The molecule has 0 spiro atoms. The fourth-order valence-corrected chi connectivity index (χ4v) is 2.49. The van der Waals surface area contributed by atoms with Gasteiger partial charge in [-0.05, 0) is 25.0 Å². The molecule has 1 fully saturated rings. The summed E-state index contributed by atoms with van der Waals surface area (Å²) in [5.41, 5.74) is 1.62. The minimum absolute atomic E-state index is 0.0171. The van der Waals surface area contributed by atoms with E-state index in [1.165, 1.54) is 0 Å². The highest BCUT2D eigenvalue weighted by Crippen LogP contribution is 2.25. The van der Waals surface area contributed by atoms with Crippen molar-refractivity contribution >= 4 is 17.9 Å². The first-order chi connectivity index (χ1) is 8.76. The maximum atomic E-state index is 11.7. The Morgan fingerprint density at radius 2 is 2.22 bits per heavy atom. The Morgan fingerprint density at radius 1 is 1.44 bits per heavy atom. The van der Waals surface area contributed by atoms with Crippen molar-refractivity contribution < 1.29 is 9.59 Å². The summed E-state index contributed by atoms with van der Waals surface area (Å²) in [6, 6.07) is 7.53. The molecule has 4 heteroatoms. The summed E-state index contributed by atoms with van der Waals surface area (Å²) in [7, 11) is 1.67. The molecule has 1 N–H and O–H groups in total. The van der Waals surface area contributed by atoms with Gasteiger partial charge in [0.2, 0.25) is 5.91 Å². The summed E-state index contributed by atoms with van der Waals surface area (Å²) in [5, 5.41) is 2.70. The third-order valence-corrected chi connectivity index (χ3v) is 3.44. The van der Waals surface area contributed by atoms with E-state index in [1.807, 2.05) is 24.3 Å². The Bertz CT molecular complexity index is 445. The van der Waals surface area contributed by atoms with Crippen LogP contribution in [0, 0.1) is 5.92 Å². The summed E-state index contributed by atoms with van der Waals surface area (Å²) in [6.07, 6.45) is 2.77. The van der Waals surface area contributed by atoms with Gasteiger partial charge in [-0.1, -0.05) is 12.1 Å². The minimum atomic E-state index is 0.0171. The molecule has 0 aliphatic carbocycles. The lowest BCUT2D eigenvalue weighted by Gasteiger charge is -2.34. The van der Waals surface area contributed by atoms with Gasteiger partial charge in [0.1, 0.15) is 0 Å². The van der Waals surface area contributed by atoms with Gasteiger partial charge in [-0.25, -0.2) is 0 Å². The molecule has 1 aliphatic heterocycles. The number of anilines is 1. The molecule has 2 rings (SSSR count). The standard InChI is InChI=1S/C14H18N2O2/c1-15-14(18)11-6-4-8-16(9-11)13-7-3-2-5-12(13)10-17/h2-3,5,7,10-11H,4,6,8-9H2,1H3,(H,15,18). The van der Waals surface area contributed by atoms with Gasteiger partial charge in [-0.15, -0.1) is 0 Å². The molecule has 1 aromatic carbocycles. The van der Waals surface area contributed by atoms with Crippen LogP contribution in [0.2, 0.25) is 0 Å². The van der Waals surface area contributed by atoms with E-state index in [2.05, 4.69) is 10.2 Å². The van der Waals surface area contributed by atoms with Gasteiger partial charge in [-0.3, -0.25) is 9.59 Å². The lowest BCUT2D eigenvalue weighted by atomic mass is 9.96. The fraction of sp³-hybridized carbons (Fsp3) is 0.429. The number of rotatable bonds is 3. The molecule has 0 aromatic heterocycles. The highest BCUT2D eigenvalue weighted by atomic mass is 16.1. The first-order valence-corrected chi connectivity index (χ1v) is 6.27. The monoisotopic (exact) mass is 246 g/mol. The summed E-state index contributed by atoms with van der Waals surface area (Å²) in [4.78, 5) is 24.9. The Morgan fingerprint density at radius 3 is 2.94 bits per heavy atom. The number of nitrogens with one attached hydrogen (secondary N) is 1. The lowest BCUT2D eigenvalue weighted by molar-refractivity contribution is -0.124. The summed E-state index contributed by atoms with van der Waals surface area (Å²) in [5.74, 6) is 0.103. The maximum Gasteiger partial charge on any atom is 0.224 e. The highest BCUT2D eigenvalue weighted by Gasteiger charge is 2.25. The van der Waals surface area contributed by atoms with Crippen molar-refractivity contribution in [3.63, 3.8) is 0 Å². The van der Waals surface area contributed by atoms with E-state index in [0.29, 0.717) is 12.1 Å². The van der Waals surface area contributed by atoms with Crippen molar-refractivity contribution in [3.8, 4) is 0 Å². The van der Waals surface area contributed by atoms with Crippen molar-refractivity contribution in [3.05, 3.63) is 29.8 Å². The molecule has 1 saturated heterocycles. The van der Waals surface area contributed by atoms with Crippen LogP contribution >= 0.6 is 0 Å². The van der Waals surface area contributed by atoms with Gasteiger partial charge in [0.25, 0.3) is 0 Å². The van der Waals surface area contributed by atoms with Crippen LogP contribution in [-0.4, -0.2) is 32.3 Å². The molecule has 1 heterocycles. The summed E-state index contributed by atoms with van der Waals surface area (Å²) in [6.45, 7) is 1.59. The number of hydrogen-bond acceptors (Lipinski definition) is 3. The van der Waals surface area contributed by atoms with Crippen LogP contribution in [-0.2, 0) is 4.79 Å². The smallest absolute Gasteiger partial charge is 0.224 e. The quantitative estimate of drug-likeness (QED) is 0.821. The summed E-state index contributed by atoms with van der Waals surface area (Å²) >= 11 is 0. The van der Waals surface area contributed by atoms with E-state index in [1.54, 1.807) is 7.05 Å². The lowest BCUT2D eigenvalue weighted by Crippen LogP contribution is -2.42. The molecule has 18 heavy (non-hydrogen) atoms. The molecule has 1 unspecified atom stereocenters. The molecule has 1 atom stereocenters. The number of amides is 1. The van der Waals surface area contributed by atoms with E-state index < -0.39 is 0 Å². The average molecular weight is 246 g/mol. The van der Waals surface area contributed by atoms with Crippen molar-refractivity contribution in [2.45, 2.75) is 12.8 Å². The minimum Gasteiger partial charge on any atom is -0.370 e. The highest BCUT2D eigenvalue weighted by molar-refractivity contribution is 5.85. The number of piperidine rings is 1. The van der Waals surface area contributed by atoms with E-state index in [-0.39, 0.29) is 11.8 Å². The van der Waals surface area contributed by atoms with Crippen molar-refractivity contribution in [2.24, 2.45) is 5.92 Å². The first kappa shape index (κ1) is 12.6. The molecule has 96 valence electrons. The number of benzene rings is 1. The van der Waals surface area contributed by atoms with Crippen LogP contribution in [0.3, 0.4) is 0 Å². The molecule has 0 bridgehead atoms. The zero-order chi connectivity index (χ0) is 13.0. The predicted octanol–water partition coefficient (Wildman–Crippen LogP) is 1.46. The topological polar surface area (TPSA) is 49.4 Å². The van der Waals surface area contributed by atoms with Crippen LogP contribution in [0.5, 0.6) is 0 Å². The van der Waals surface area contributed by atoms with E-state index >= 15 is 0 Å². The number of carbonyl (C=O) groups excluding carboxylic acids is 2. The van der Waals surface area contributed by atoms with Gasteiger partial charge in [0.15, 0.2) is 6.29 Å². The molecule has 4 nitrogen and oxygen atoms in total. The largest absolute Gasteiger partial charge is 0.370 e. The first-order valence-electron chi connectivity index (χ1n) is 6.27. The SMILES string of the molecule is CNC(=O)C1CCCN(c2ccccc2C=O)C1. The zero-order valence-electron chi connectivity index (χ0n) is 10.6. The third-order valence-electron chi connectivity index (χ3n) is 3.44. The molecule has 1 amide bonds. The van der Waals surface area contributed by atoms with Crippen LogP contribution in [0.4, 0.5) is 5.69 Å². The van der Waals surface area contributed by atoms with Gasteiger partial charge < -0.3 is 10.2 Å². The zero-order valence-corrected chi connectivity index (χ0v) is 10.6. The number of para-hydroxylation sites is 1. The van der Waals surface area contributed by atoms with Gasteiger partial charge in [-0.2, -0.15) is 0 Å². The Balaban J connectivity index is 2.18. The van der Waals surface area contributed by atoms with E-state index in [9.17, 15) is 9.59 Å². The number of hydrogen-bond donors (Lipinski definition) is 1. The maximum absolute atomic E-state index is 11.7. The molecular weight excluding hydrogens is 228 g/mol. The third kappa shape index (κ3) is 2.53. The predicted molar refractivity (Wildman–Crippen MR) is 70.8 cm³/mol. The Kier molecular flexibility index (Phi) is 3.97. The number of carbonyl (C=O) groups is 2. The fourth-order valence-electron chi connectivity index (χ4n) is 2.49. The Hall–Kier alpha value is -1.84. The van der Waals surface area contributed by atoms with Crippen LogP contribution in [0.1, 0.15) is 23.2 Å². The average Bonchev–Trinajstić information content (AvgIpc) is 2.46. The van der Waals surface area contributed by atoms with Gasteiger partial charge >= 0.3 is 0 Å². The number of aldehydes is 1. The normalized spacial score (nSPS) is 19.4. The van der Waals surface area contributed by atoms with E-state index in [4.69, 9.17) is 0 Å². The molecule has 1 aromatic rings. The van der Waals surface area contributed by atoms with Crippen molar-refractivity contribution in [1.29, 1.82) is 0 Å². The molecular formula is C14H18N2O2. The van der Waals surface area contributed by atoms with Crippen LogP contribution < -0.4 is 10.2 Å².